The van der Waals surface area contributed by atoms with Crippen LogP contribution in [0.2, 0.25) is 0 Å². The molecule has 0 atom stereocenters. The Morgan fingerprint density at radius 2 is 2.00 bits per heavy atom. The lowest BCUT2D eigenvalue weighted by Crippen LogP contribution is -2.02. The van der Waals surface area contributed by atoms with Gasteiger partial charge in [0.2, 0.25) is 0 Å². The van der Waals surface area contributed by atoms with E-state index in [1.54, 1.807) is 6.20 Å². The number of hydrogen-bond donors (Lipinski definition) is 2. The summed E-state index contributed by atoms with van der Waals surface area (Å²) in [6.45, 7) is 0. The van der Waals surface area contributed by atoms with Crippen LogP contribution in [-0.4, -0.2) is 10.8 Å². The van der Waals surface area contributed by atoms with Crippen LogP contribution < -0.4 is 5.73 Å². The zero-order chi connectivity index (χ0) is 14.3. The molecule has 5 heteroatoms. The van der Waals surface area contributed by atoms with Crippen LogP contribution >= 0.6 is 15.9 Å². The van der Waals surface area contributed by atoms with Crippen LogP contribution in [0.5, 0.6) is 0 Å². The summed E-state index contributed by atoms with van der Waals surface area (Å²) in [4.78, 5) is 15.5. The maximum Gasteiger partial charge on any atom is 0.195 e. The standard InChI is InChI=1S/C15H10BrFN2O/c16-9-1-2-12-13(7-19-14(12)5-9)15(20)8-3-10(17)6-11(18)4-8/h1-7,19H,18H2. The number of aromatic amines is 1. The van der Waals surface area contributed by atoms with Crippen molar-refractivity contribution in [3.63, 3.8) is 0 Å². The molecule has 0 unspecified atom stereocenters. The number of benzene rings is 2. The Labute approximate surface area is 122 Å². The number of anilines is 1. The number of rotatable bonds is 2. The van der Waals surface area contributed by atoms with Crippen molar-refractivity contribution in [1.29, 1.82) is 0 Å². The van der Waals surface area contributed by atoms with Crippen LogP contribution in [-0.2, 0) is 0 Å². The molecule has 20 heavy (non-hydrogen) atoms. The molecule has 0 fully saturated rings. The number of nitrogens with two attached hydrogens (primary N) is 1. The molecule has 0 amide bonds. The first-order valence-electron chi connectivity index (χ1n) is 5.92. The first-order valence-corrected chi connectivity index (χ1v) is 6.71. The molecule has 3 nitrogen and oxygen atoms in total. The summed E-state index contributed by atoms with van der Waals surface area (Å²) in [6, 6.07) is 9.42. The lowest BCUT2D eigenvalue weighted by Gasteiger charge is -2.02. The van der Waals surface area contributed by atoms with E-state index in [-0.39, 0.29) is 17.0 Å². The molecule has 2 aromatic carbocycles. The molecule has 100 valence electrons. The lowest BCUT2D eigenvalue weighted by molar-refractivity contribution is 0.104. The summed E-state index contributed by atoms with van der Waals surface area (Å²) in [7, 11) is 0. The van der Waals surface area contributed by atoms with Crippen molar-refractivity contribution in [1.82, 2.24) is 4.98 Å². The number of hydrogen-bond acceptors (Lipinski definition) is 2. The molecule has 0 aliphatic rings. The van der Waals surface area contributed by atoms with E-state index in [1.165, 1.54) is 18.2 Å². The molecule has 0 spiro atoms. The van der Waals surface area contributed by atoms with Gasteiger partial charge in [-0.1, -0.05) is 22.0 Å². The predicted octanol–water partition coefficient (Wildman–Crippen LogP) is 3.88. The minimum Gasteiger partial charge on any atom is -0.399 e. The Morgan fingerprint density at radius 1 is 1.20 bits per heavy atom. The van der Waals surface area contributed by atoms with Crippen molar-refractivity contribution in [2.75, 3.05) is 5.73 Å². The third-order valence-electron chi connectivity index (χ3n) is 3.07. The van der Waals surface area contributed by atoms with E-state index >= 15 is 0 Å². The summed E-state index contributed by atoms with van der Waals surface area (Å²) in [5.74, 6) is -0.777. The zero-order valence-electron chi connectivity index (χ0n) is 10.3. The Kier molecular flexibility index (Phi) is 3.06. The normalized spacial score (nSPS) is 10.9. The van der Waals surface area contributed by atoms with E-state index < -0.39 is 5.82 Å². The molecule has 3 N–H and O–H groups in total. The van der Waals surface area contributed by atoms with E-state index in [4.69, 9.17) is 5.73 Å². The lowest BCUT2D eigenvalue weighted by atomic mass is 10.0. The van der Waals surface area contributed by atoms with E-state index in [2.05, 4.69) is 20.9 Å². The highest BCUT2D eigenvalue weighted by molar-refractivity contribution is 9.10. The van der Waals surface area contributed by atoms with Crippen LogP contribution in [0.25, 0.3) is 10.9 Å². The average molecular weight is 333 g/mol. The number of H-pyrrole nitrogens is 1. The van der Waals surface area contributed by atoms with Crippen LogP contribution in [0.1, 0.15) is 15.9 Å². The molecular weight excluding hydrogens is 323 g/mol. The van der Waals surface area contributed by atoms with Crippen molar-refractivity contribution < 1.29 is 9.18 Å². The highest BCUT2D eigenvalue weighted by Gasteiger charge is 2.15. The third kappa shape index (κ3) is 2.20. The fourth-order valence-corrected chi connectivity index (χ4v) is 2.55. The van der Waals surface area contributed by atoms with Gasteiger partial charge >= 0.3 is 0 Å². The van der Waals surface area contributed by atoms with Crippen molar-refractivity contribution in [3.05, 3.63) is 64.0 Å². The fraction of sp³-hybridized carbons (Fsp3) is 0. The zero-order valence-corrected chi connectivity index (χ0v) is 11.9. The Morgan fingerprint density at radius 3 is 2.75 bits per heavy atom. The molecule has 0 saturated carbocycles. The number of carbonyl (C=O) groups excluding carboxylic acids is 1. The minimum atomic E-state index is -0.518. The number of aromatic nitrogens is 1. The van der Waals surface area contributed by atoms with Crippen molar-refractivity contribution in [3.8, 4) is 0 Å². The van der Waals surface area contributed by atoms with Gasteiger partial charge in [0.15, 0.2) is 5.78 Å². The number of halogens is 2. The average Bonchev–Trinajstić information content (AvgIpc) is 2.79. The van der Waals surface area contributed by atoms with Gasteiger partial charge in [-0.05, 0) is 30.3 Å². The molecule has 0 aliphatic heterocycles. The fourth-order valence-electron chi connectivity index (χ4n) is 2.19. The smallest absolute Gasteiger partial charge is 0.195 e. The number of ketones is 1. The topological polar surface area (TPSA) is 58.9 Å². The summed E-state index contributed by atoms with van der Waals surface area (Å²) < 4.78 is 14.3. The quantitative estimate of drug-likeness (QED) is 0.552. The SMILES string of the molecule is Nc1cc(F)cc(C(=O)c2c[nH]c3cc(Br)ccc23)c1. The number of fused-ring (bicyclic) bond motifs is 1. The minimum absolute atomic E-state index is 0.232. The molecule has 0 radical (unpaired) electrons. The molecule has 0 saturated heterocycles. The highest BCUT2D eigenvalue weighted by Crippen LogP contribution is 2.25. The molecule has 3 rings (SSSR count). The van der Waals surface area contributed by atoms with Gasteiger partial charge in [-0.2, -0.15) is 0 Å². The van der Waals surface area contributed by atoms with Crippen molar-refractivity contribution >= 4 is 38.3 Å². The molecule has 1 heterocycles. The molecular formula is C15H10BrFN2O. The van der Waals surface area contributed by atoms with E-state index in [1.807, 2.05) is 18.2 Å². The van der Waals surface area contributed by atoms with E-state index in [0.717, 1.165) is 15.4 Å². The largest absolute Gasteiger partial charge is 0.399 e. The summed E-state index contributed by atoms with van der Waals surface area (Å²) >= 11 is 3.37. The van der Waals surface area contributed by atoms with Gasteiger partial charge in [0.05, 0.1) is 0 Å². The third-order valence-corrected chi connectivity index (χ3v) is 3.56. The van der Waals surface area contributed by atoms with E-state index in [0.29, 0.717) is 5.56 Å². The Bertz CT molecular complexity index is 806. The van der Waals surface area contributed by atoms with Crippen molar-refractivity contribution in [2.24, 2.45) is 0 Å². The Hall–Kier alpha value is -2.14. The second-order valence-electron chi connectivity index (χ2n) is 4.49. The van der Waals surface area contributed by atoms with Crippen LogP contribution in [0, 0.1) is 5.82 Å². The Balaban J connectivity index is 2.12. The van der Waals surface area contributed by atoms with Gasteiger partial charge in [0.1, 0.15) is 5.82 Å². The summed E-state index contributed by atoms with van der Waals surface area (Å²) in [5, 5.41) is 0.793. The second kappa shape index (κ2) is 4.76. The van der Waals surface area contributed by atoms with Gasteiger partial charge in [-0.25, -0.2) is 4.39 Å². The van der Waals surface area contributed by atoms with Gasteiger partial charge in [0.25, 0.3) is 0 Å². The van der Waals surface area contributed by atoms with E-state index in [9.17, 15) is 9.18 Å². The van der Waals surface area contributed by atoms with Gasteiger partial charge in [0, 0.05) is 38.4 Å². The predicted molar refractivity (Wildman–Crippen MR) is 80.2 cm³/mol. The van der Waals surface area contributed by atoms with Crippen LogP contribution in [0.3, 0.4) is 0 Å². The molecule has 0 bridgehead atoms. The highest BCUT2D eigenvalue weighted by atomic mass is 79.9. The first-order chi connectivity index (χ1) is 9.54. The number of nitrogens with one attached hydrogen (secondary N) is 1. The molecule has 1 aromatic heterocycles. The summed E-state index contributed by atoms with van der Waals surface area (Å²) in [6.07, 6.45) is 1.63. The van der Waals surface area contributed by atoms with Crippen LogP contribution in [0.15, 0.2) is 47.1 Å². The summed E-state index contributed by atoms with van der Waals surface area (Å²) in [5.41, 5.74) is 7.39. The van der Waals surface area contributed by atoms with Gasteiger partial charge in [-0.15, -0.1) is 0 Å². The maximum absolute atomic E-state index is 13.4. The van der Waals surface area contributed by atoms with Crippen LogP contribution in [0.4, 0.5) is 10.1 Å². The van der Waals surface area contributed by atoms with Gasteiger partial charge < -0.3 is 10.7 Å². The van der Waals surface area contributed by atoms with Gasteiger partial charge in [-0.3, -0.25) is 4.79 Å². The number of carbonyl (C=O) groups is 1. The molecule has 0 aliphatic carbocycles. The maximum atomic E-state index is 13.4. The first kappa shape index (κ1) is 12.9. The second-order valence-corrected chi connectivity index (χ2v) is 5.41. The van der Waals surface area contributed by atoms with Crippen molar-refractivity contribution in [2.45, 2.75) is 0 Å². The molecule has 3 aromatic rings. The monoisotopic (exact) mass is 332 g/mol. The number of nitrogen functional groups attached to an aromatic ring is 1.